The number of amides is 1. The molecule has 1 saturated heterocycles. The number of thioether (sulfide) groups is 1. The Morgan fingerprint density at radius 2 is 1.79 bits per heavy atom. The van der Waals surface area contributed by atoms with E-state index in [1.165, 1.54) is 5.56 Å². The van der Waals surface area contributed by atoms with Gasteiger partial charge >= 0.3 is 0 Å². The van der Waals surface area contributed by atoms with Gasteiger partial charge in [0.15, 0.2) is 5.78 Å². The van der Waals surface area contributed by atoms with E-state index in [4.69, 9.17) is 4.98 Å². The summed E-state index contributed by atoms with van der Waals surface area (Å²) in [5, 5.41) is 4.10. The number of benzene rings is 2. The number of hydrogen-bond donors (Lipinski definition) is 1. The van der Waals surface area contributed by atoms with Crippen molar-refractivity contribution >= 4 is 50.8 Å². The third kappa shape index (κ3) is 10.1. The lowest BCUT2D eigenvalue weighted by atomic mass is 9.94. The summed E-state index contributed by atoms with van der Waals surface area (Å²) >= 11 is 3.54. The number of nitrogens with one attached hydrogen (secondary N) is 1. The smallest absolute Gasteiger partial charge is 0.224 e. The summed E-state index contributed by atoms with van der Waals surface area (Å²) in [4.78, 5) is 46.6. The number of ketones is 2. The van der Waals surface area contributed by atoms with E-state index in [1.807, 2.05) is 55.1 Å². The number of thiazole rings is 1. The number of fused-ring (bicyclic) bond motifs is 1. The number of carbonyl (C=O) groups excluding carboxylic acids is 3. The fraction of sp³-hybridized carbons (Fsp3) is 0.486. The second-order valence-electron chi connectivity index (χ2n) is 11.8. The van der Waals surface area contributed by atoms with Crippen LogP contribution in [-0.4, -0.2) is 64.5 Å². The second-order valence-corrected chi connectivity index (χ2v) is 14.2. The molecule has 4 rings (SSSR count). The first-order chi connectivity index (χ1) is 20.7. The van der Waals surface area contributed by atoms with E-state index in [0.717, 1.165) is 45.4 Å². The van der Waals surface area contributed by atoms with Crippen LogP contribution in [0.15, 0.2) is 60.7 Å². The van der Waals surface area contributed by atoms with Gasteiger partial charge in [-0.1, -0.05) is 63.7 Å². The van der Waals surface area contributed by atoms with E-state index in [0.29, 0.717) is 50.1 Å². The van der Waals surface area contributed by atoms with E-state index < -0.39 is 5.92 Å². The quantitative estimate of drug-likeness (QED) is 0.181. The summed E-state index contributed by atoms with van der Waals surface area (Å²) in [6.45, 7) is 12.8. The first kappa shape index (κ1) is 33.1. The highest BCUT2D eigenvalue weighted by Crippen LogP contribution is 2.28. The van der Waals surface area contributed by atoms with Crippen molar-refractivity contribution in [3.63, 3.8) is 0 Å². The standard InChI is InChI=1S/C35H45N3O3S2/c1-5-30(39)20-28(22-34-37-31-13-11-27(24(2)3)21-33(31)43-34)35(41)36-29(19-26-9-7-6-8-10-26)12-14-32(40)25(4)23-38-15-17-42-18-16-38/h6-11,13,21,24,28-29H,4-5,12,14-20,22-23H2,1-3H3,(H,36,41)/t28-,29+/m0/s1. The maximum absolute atomic E-state index is 13.8. The lowest BCUT2D eigenvalue weighted by molar-refractivity contribution is -0.130. The summed E-state index contributed by atoms with van der Waals surface area (Å²) in [7, 11) is 0. The number of aromatic nitrogens is 1. The molecule has 3 aromatic rings. The highest BCUT2D eigenvalue weighted by molar-refractivity contribution is 7.99. The van der Waals surface area contributed by atoms with Crippen LogP contribution in [0, 0.1) is 5.92 Å². The van der Waals surface area contributed by atoms with Crippen LogP contribution in [0.25, 0.3) is 10.2 Å². The normalized spacial score (nSPS) is 15.3. The minimum absolute atomic E-state index is 0.0542. The van der Waals surface area contributed by atoms with Gasteiger partial charge in [-0.15, -0.1) is 11.3 Å². The van der Waals surface area contributed by atoms with Crippen molar-refractivity contribution < 1.29 is 14.4 Å². The molecule has 1 fully saturated rings. The molecule has 0 saturated carbocycles. The SMILES string of the molecule is C=C(CN1CCSCC1)C(=O)CC[C@H](Cc1ccccc1)NC(=O)[C@@H](CC(=O)CC)Cc1nc2ccc(C(C)C)cc2s1. The predicted octanol–water partition coefficient (Wildman–Crippen LogP) is 6.63. The first-order valence-electron chi connectivity index (χ1n) is 15.5. The molecule has 0 radical (unpaired) electrons. The van der Waals surface area contributed by atoms with Crippen LogP contribution in [0.5, 0.6) is 0 Å². The molecule has 2 aromatic carbocycles. The van der Waals surface area contributed by atoms with Crippen LogP contribution >= 0.6 is 23.1 Å². The number of Topliss-reactive ketones (excluding diaryl/α,β-unsaturated/α-hetero) is 2. The van der Waals surface area contributed by atoms with Crippen molar-refractivity contribution in [1.82, 2.24) is 15.2 Å². The zero-order valence-corrected chi connectivity index (χ0v) is 27.4. The van der Waals surface area contributed by atoms with Gasteiger partial charge in [-0.2, -0.15) is 11.8 Å². The van der Waals surface area contributed by atoms with Crippen LogP contribution in [0.4, 0.5) is 0 Å². The van der Waals surface area contributed by atoms with Crippen LogP contribution in [0.1, 0.15) is 68.5 Å². The maximum Gasteiger partial charge on any atom is 0.224 e. The molecule has 0 spiro atoms. The molecule has 1 aliphatic rings. The molecule has 0 bridgehead atoms. The fourth-order valence-electron chi connectivity index (χ4n) is 5.37. The topological polar surface area (TPSA) is 79.4 Å². The number of rotatable bonds is 16. The molecule has 230 valence electrons. The van der Waals surface area contributed by atoms with Gasteiger partial charge in [-0.05, 0) is 42.0 Å². The molecule has 0 unspecified atom stereocenters. The van der Waals surface area contributed by atoms with Crippen LogP contribution in [-0.2, 0) is 27.2 Å². The molecule has 2 atom stereocenters. The first-order valence-corrected chi connectivity index (χ1v) is 17.4. The molecule has 1 amide bonds. The lowest BCUT2D eigenvalue weighted by Gasteiger charge is -2.26. The van der Waals surface area contributed by atoms with Crippen LogP contribution in [0.3, 0.4) is 0 Å². The highest BCUT2D eigenvalue weighted by atomic mass is 32.2. The Labute approximate surface area is 264 Å². The summed E-state index contributed by atoms with van der Waals surface area (Å²) < 4.78 is 1.10. The molecule has 6 nitrogen and oxygen atoms in total. The summed E-state index contributed by atoms with van der Waals surface area (Å²) in [6.07, 6.45) is 2.44. The third-order valence-corrected chi connectivity index (χ3v) is 10.1. The predicted molar refractivity (Wildman–Crippen MR) is 180 cm³/mol. The van der Waals surface area contributed by atoms with Crippen LogP contribution < -0.4 is 5.32 Å². The van der Waals surface area contributed by atoms with E-state index >= 15 is 0 Å². The van der Waals surface area contributed by atoms with Crippen molar-refractivity contribution in [3.05, 3.63) is 76.8 Å². The maximum atomic E-state index is 13.8. The Balaban J connectivity index is 1.46. The molecule has 2 heterocycles. The number of carbonyl (C=O) groups is 3. The average Bonchev–Trinajstić information content (AvgIpc) is 3.41. The van der Waals surface area contributed by atoms with E-state index in [2.05, 4.69) is 42.8 Å². The average molecular weight is 620 g/mol. The van der Waals surface area contributed by atoms with Crippen LogP contribution in [0.2, 0.25) is 0 Å². The molecule has 1 N–H and O–H groups in total. The lowest BCUT2D eigenvalue weighted by Crippen LogP contribution is -2.42. The molecular weight excluding hydrogens is 575 g/mol. The molecule has 43 heavy (non-hydrogen) atoms. The van der Waals surface area contributed by atoms with E-state index in [1.54, 1.807) is 11.3 Å². The van der Waals surface area contributed by atoms with Gasteiger partial charge < -0.3 is 5.32 Å². The van der Waals surface area contributed by atoms with Gasteiger partial charge in [0.2, 0.25) is 5.91 Å². The van der Waals surface area contributed by atoms with Gasteiger partial charge in [0.05, 0.1) is 21.1 Å². The second kappa shape index (κ2) is 16.3. The van der Waals surface area contributed by atoms with Crippen molar-refractivity contribution in [3.8, 4) is 0 Å². The largest absolute Gasteiger partial charge is 0.353 e. The van der Waals surface area contributed by atoms with Crippen molar-refractivity contribution in [2.24, 2.45) is 5.92 Å². The Bertz CT molecular complexity index is 1400. The number of hydrogen-bond acceptors (Lipinski definition) is 7. The Hall–Kier alpha value is -2.81. The minimum atomic E-state index is -0.515. The van der Waals surface area contributed by atoms with Crippen molar-refractivity contribution in [1.29, 1.82) is 0 Å². The zero-order chi connectivity index (χ0) is 30.8. The molecule has 1 aromatic heterocycles. The van der Waals surface area contributed by atoms with Gasteiger partial charge in [-0.3, -0.25) is 19.3 Å². The Morgan fingerprint density at radius 1 is 1.05 bits per heavy atom. The highest BCUT2D eigenvalue weighted by Gasteiger charge is 2.26. The Morgan fingerprint density at radius 3 is 2.49 bits per heavy atom. The summed E-state index contributed by atoms with van der Waals surface area (Å²) in [6, 6.07) is 16.1. The van der Waals surface area contributed by atoms with Crippen molar-refractivity contribution in [2.75, 3.05) is 31.1 Å². The molecule has 0 aliphatic carbocycles. The molecule has 8 heteroatoms. The monoisotopic (exact) mass is 619 g/mol. The van der Waals surface area contributed by atoms with Gasteiger partial charge in [0, 0.05) is 68.4 Å². The van der Waals surface area contributed by atoms with Crippen molar-refractivity contribution in [2.45, 2.75) is 71.3 Å². The minimum Gasteiger partial charge on any atom is -0.353 e. The summed E-state index contributed by atoms with van der Waals surface area (Å²) in [5.41, 5.74) is 3.92. The van der Waals surface area contributed by atoms with E-state index in [9.17, 15) is 14.4 Å². The third-order valence-electron chi connectivity index (χ3n) is 8.09. The molecular formula is C35H45N3O3S2. The van der Waals surface area contributed by atoms with Gasteiger partial charge in [0.25, 0.3) is 0 Å². The van der Waals surface area contributed by atoms with Gasteiger partial charge in [-0.25, -0.2) is 4.98 Å². The van der Waals surface area contributed by atoms with Gasteiger partial charge in [0.1, 0.15) is 5.78 Å². The zero-order valence-electron chi connectivity index (χ0n) is 25.8. The fourth-order valence-corrected chi connectivity index (χ4v) is 7.44. The number of nitrogens with zero attached hydrogens (tertiary/aromatic N) is 2. The Kier molecular flexibility index (Phi) is 12.6. The van der Waals surface area contributed by atoms with E-state index in [-0.39, 0.29) is 29.9 Å². The molecule has 1 aliphatic heterocycles. The summed E-state index contributed by atoms with van der Waals surface area (Å²) in [5.74, 6) is 2.05.